The van der Waals surface area contributed by atoms with Crippen LogP contribution in [0.2, 0.25) is 5.02 Å². The molecule has 1 amide bonds. The highest BCUT2D eigenvalue weighted by atomic mass is 35.5. The summed E-state index contributed by atoms with van der Waals surface area (Å²) in [5.74, 6) is 1.15. The van der Waals surface area contributed by atoms with Gasteiger partial charge in [0, 0.05) is 30.0 Å². The van der Waals surface area contributed by atoms with Crippen LogP contribution in [0.3, 0.4) is 0 Å². The van der Waals surface area contributed by atoms with Crippen LogP contribution in [0.15, 0.2) is 34.9 Å². The van der Waals surface area contributed by atoms with Gasteiger partial charge in [0.1, 0.15) is 6.26 Å². The lowest BCUT2D eigenvalue weighted by Crippen LogP contribution is -2.33. The fraction of sp³-hybridized carbons (Fsp3) is 0.375. The Bertz CT molecular complexity index is 631. The molecular formula is C16H19ClN2O3S. The molecule has 0 aliphatic heterocycles. The molecule has 1 atom stereocenters. The lowest BCUT2D eigenvalue weighted by atomic mass is 10.2. The zero-order chi connectivity index (χ0) is 16.7. The van der Waals surface area contributed by atoms with Gasteiger partial charge in [0.25, 0.3) is 0 Å². The van der Waals surface area contributed by atoms with Crippen LogP contribution in [0, 0.1) is 0 Å². The molecule has 0 saturated carbocycles. The summed E-state index contributed by atoms with van der Waals surface area (Å²) in [4.78, 5) is 16.3. The number of benzene rings is 1. The smallest absolute Gasteiger partial charge is 0.232 e. The number of aromatic nitrogens is 1. The van der Waals surface area contributed by atoms with Gasteiger partial charge in [-0.05, 0) is 31.2 Å². The van der Waals surface area contributed by atoms with E-state index in [1.807, 2.05) is 19.1 Å². The van der Waals surface area contributed by atoms with E-state index in [1.54, 1.807) is 25.5 Å². The van der Waals surface area contributed by atoms with E-state index in [9.17, 15) is 4.79 Å². The molecule has 5 nitrogen and oxygen atoms in total. The van der Waals surface area contributed by atoms with Crippen molar-refractivity contribution in [1.29, 1.82) is 0 Å². The molecule has 1 N–H and O–H groups in total. The van der Waals surface area contributed by atoms with Crippen molar-refractivity contribution in [3.8, 4) is 11.5 Å². The summed E-state index contributed by atoms with van der Waals surface area (Å²) in [6.07, 6.45) is 1.62. The second-order valence-electron chi connectivity index (χ2n) is 4.89. The minimum atomic E-state index is -0.164. The zero-order valence-electron chi connectivity index (χ0n) is 13.0. The molecule has 2 aromatic rings. The SMILES string of the molecule is COCCNC(=O)[C@@H](C)SCc1coc(-c2ccc(Cl)cc2)n1. The van der Waals surface area contributed by atoms with Crippen molar-refractivity contribution in [2.45, 2.75) is 17.9 Å². The Kier molecular flexibility index (Phi) is 6.95. The molecule has 7 heteroatoms. The minimum Gasteiger partial charge on any atom is -0.444 e. The maximum Gasteiger partial charge on any atom is 0.232 e. The van der Waals surface area contributed by atoms with E-state index < -0.39 is 0 Å². The van der Waals surface area contributed by atoms with Gasteiger partial charge in [-0.1, -0.05) is 11.6 Å². The van der Waals surface area contributed by atoms with E-state index in [0.717, 1.165) is 11.3 Å². The van der Waals surface area contributed by atoms with Crippen molar-refractivity contribution < 1.29 is 13.9 Å². The van der Waals surface area contributed by atoms with E-state index in [4.69, 9.17) is 20.8 Å². The largest absolute Gasteiger partial charge is 0.444 e. The molecule has 1 aromatic carbocycles. The molecule has 124 valence electrons. The molecule has 1 heterocycles. The van der Waals surface area contributed by atoms with Crippen LogP contribution < -0.4 is 5.32 Å². The van der Waals surface area contributed by atoms with Crippen molar-refractivity contribution in [3.63, 3.8) is 0 Å². The molecule has 1 aromatic heterocycles. The van der Waals surface area contributed by atoms with Gasteiger partial charge in [-0.3, -0.25) is 4.79 Å². The number of thioether (sulfide) groups is 1. The van der Waals surface area contributed by atoms with Gasteiger partial charge in [-0.15, -0.1) is 11.8 Å². The second kappa shape index (κ2) is 8.96. The van der Waals surface area contributed by atoms with Crippen LogP contribution in [0.1, 0.15) is 12.6 Å². The number of methoxy groups -OCH3 is 1. The molecule has 0 fully saturated rings. The van der Waals surface area contributed by atoms with Gasteiger partial charge >= 0.3 is 0 Å². The van der Waals surface area contributed by atoms with Gasteiger partial charge in [0.2, 0.25) is 11.8 Å². The summed E-state index contributed by atoms with van der Waals surface area (Å²) in [6.45, 7) is 2.90. The van der Waals surface area contributed by atoms with Crippen molar-refractivity contribution in [3.05, 3.63) is 41.2 Å². The average molecular weight is 355 g/mol. The number of hydrogen-bond acceptors (Lipinski definition) is 5. The minimum absolute atomic E-state index is 0.00605. The zero-order valence-corrected chi connectivity index (χ0v) is 14.6. The van der Waals surface area contributed by atoms with Gasteiger partial charge < -0.3 is 14.5 Å². The van der Waals surface area contributed by atoms with E-state index >= 15 is 0 Å². The molecule has 0 radical (unpaired) electrons. The Balaban J connectivity index is 1.84. The van der Waals surface area contributed by atoms with Crippen LogP contribution >= 0.6 is 23.4 Å². The molecule has 0 spiro atoms. The maximum atomic E-state index is 11.9. The molecule has 0 saturated heterocycles. The van der Waals surface area contributed by atoms with Crippen LogP contribution in [0.25, 0.3) is 11.5 Å². The van der Waals surface area contributed by atoms with Gasteiger partial charge in [-0.25, -0.2) is 4.98 Å². The Hall–Kier alpha value is -1.50. The highest BCUT2D eigenvalue weighted by molar-refractivity contribution is 7.99. The number of ether oxygens (including phenoxy) is 1. The third kappa shape index (κ3) is 5.57. The van der Waals surface area contributed by atoms with Crippen LogP contribution in [-0.4, -0.2) is 36.4 Å². The lowest BCUT2D eigenvalue weighted by Gasteiger charge is -2.10. The third-order valence-corrected chi connectivity index (χ3v) is 4.53. The van der Waals surface area contributed by atoms with Crippen LogP contribution in [-0.2, 0) is 15.3 Å². The topological polar surface area (TPSA) is 64.4 Å². The van der Waals surface area contributed by atoms with Crippen LogP contribution in [0.4, 0.5) is 0 Å². The monoisotopic (exact) mass is 354 g/mol. The van der Waals surface area contributed by atoms with Crippen molar-refractivity contribution in [2.24, 2.45) is 0 Å². The normalized spacial score (nSPS) is 12.1. The summed E-state index contributed by atoms with van der Waals surface area (Å²) in [7, 11) is 1.60. The average Bonchev–Trinajstić information content (AvgIpc) is 3.02. The molecular weight excluding hydrogens is 336 g/mol. The number of hydrogen-bond donors (Lipinski definition) is 1. The molecule has 0 aliphatic rings. The molecule has 0 unspecified atom stereocenters. The van der Waals surface area contributed by atoms with Gasteiger partial charge in [0.05, 0.1) is 17.6 Å². The van der Waals surface area contributed by atoms with E-state index in [-0.39, 0.29) is 11.2 Å². The number of rotatable bonds is 8. The summed E-state index contributed by atoms with van der Waals surface area (Å²) in [6, 6.07) is 7.30. The summed E-state index contributed by atoms with van der Waals surface area (Å²) in [5.41, 5.74) is 1.67. The molecule has 0 aliphatic carbocycles. The quantitative estimate of drug-likeness (QED) is 0.736. The summed E-state index contributed by atoms with van der Waals surface area (Å²) >= 11 is 7.37. The molecule has 0 bridgehead atoms. The first-order chi connectivity index (χ1) is 11.1. The third-order valence-electron chi connectivity index (χ3n) is 3.10. The number of carbonyl (C=O) groups excluding carboxylic acids is 1. The summed E-state index contributed by atoms with van der Waals surface area (Å²) in [5, 5.41) is 3.32. The first-order valence-electron chi connectivity index (χ1n) is 7.18. The Labute approximate surface area is 144 Å². The number of nitrogens with one attached hydrogen (secondary N) is 1. The highest BCUT2D eigenvalue weighted by Crippen LogP contribution is 2.23. The van der Waals surface area contributed by atoms with Crippen molar-refractivity contribution in [2.75, 3.05) is 20.3 Å². The standard InChI is InChI=1S/C16H19ClN2O3S/c1-11(15(20)18-7-8-21-2)23-10-14-9-22-16(19-14)12-3-5-13(17)6-4-12/h3-6,9,11H,7-8,10H2,1-2H3,(H,18,20)/t11-/m1/s1. The van der Waals surface area contributed by atoms with Gasteiger partial charge in [0.15, 0.2) is 0 Å². The maximum absolute atomic E-state index is 11.9. The van der Waals surface area contributed by atoms with E-state index in [0.29, 0.717) is 29.8 Å². The summed E-state index contributed by atoms with van der Waals surface area (Å²) < 4.78 is 10.4. The predicted molar refractivity (Wildman–Crippen MR) is 92.6 cm³/mol. The molecule has 23 heavy (non-hydrogen) atoms. The Morgan fingerprint density at radius 3 is 2.87 bits per heavy atom. The predicted octanol–water partition coefficient (Wildman–Crippen LogP) is 3.38. The fourth-order valence-electron chi connectivity index (χ4n) is 1.80. The number of oxazole rings is 1. The number of amides is 1. The second-order valence-corrected chi connectivity index (χ2v) is 6.65. The first-order valence-corrected chi connectivity index (χ1v) is 8.61. The van der Waals surface area contributed by atoms with Gasteiger partial charge in [-0.2, -0.15) is 0 Å². The number of halogens is 1. The van der Waals surface area contributed by atoms with Crippen LogP contribution in [0.5, 0.6) is 0 Å². The van der Waals surface area contributed by atoms with Crippen molar-refractivity contribution in [1.82, 2.24) is 10.3 Å². The highest BCUT2D eigenvalue weighted by Gasteiger charge is 2.14. The van der Waals surface area contributed by atoms with Crippen molar-refractivity contribution >= 4 is 29.3 Å². The molecule has 2 rings (SSSR count). The van der Waals surface area contributed by atoms with E-state index in [1.165, 1.54) is 11.8 Å². The Morgan fingerprint density at radius 1 is 1.43 bits per heavy atom. The first kappa shape index (κ1) is 17.8. The van der Waals surface area contributed by atoms with E-state index in [2.05, 4.69) is 10.3 Å². The lowest BCUT2D eigenvalue weighted by molar-refractivity contribution is -0.120. The fourth-order valence-corrected chi connectivity index (χ4v) is 2.72. The number of carbonyl (C=O) groups is 1. The Morgan fingerprint density at radius 2 is 2.17 bits per heavy atom. The number of nitrogens with zero attached hydrogens (tertiary/aromatic N) is 1.